The molecule has 66 valence electrons. The molecule has 0 spiro atoms. The molecule has 0 aromatic heterocycles. The molecule has 11 heavy (non-hydrogen) atoms. The molecule has 0 aromatic carbocycles. The average Bonchev–Trinajstić information content (AvgIpc) is 2.28. The van der Waals surface area contributed by atoms with Gasteiger partial charge in [0.25, 0.3) is 0 Å². The maximum Gasteiger partial charge on any atom is 0.114 e. The van der Waals surface area contributed by atoms with Crippen molar-refractivity contribution in [3.8, 4) is 0 Å². The fourth-order valence-electron chi connectivity index (χ4n) is 1.64. The molecular weight excluding hydrogens is 256 g/mol. The lowest BCUT2D eigenvalue weighted by molar-refractivity contribution is 0.320. The van der Waals surface area contributed by atoms with Gasteiger partial charge in [-0.3, -0.25) is 0 Å². The van der Waals surface area contributed by atoms with Gasteiger partial charge in [-0.05, 0) is 30.6 Å². The van der Waals surface area contributed by atoms with Crippen molar-refractivity contribution >= 4 is 22.6 Å². The van der Waals surface area contributed by atoms with Crippen LogP contribution in [0.5, 0.6) is 0 Å². The molecule has 2 atom stereocenters. The van der Waals surface area contributed by atoms with Gasteiger partial charge in [0, 0.05) is 12.1 Å². The molecule has 1 rings (SSSR count). The SMILES string of the molecule is C[C@]1(CCCI)C[C@H](F)CN1. The smallest absolute Gasteiger partial charge is 0.114 e. The van der Waals surface area contributed by atoms with Crippen LogP contribution < -0.4 is 5.32 Å². The van der Waals surface area contributed by atoms with E-state index in [9.17, 15) is 4.39 Å². The second-order valence-electron chi connectivity index (χ2n) is 3.54. The summed E-state index contributed by atoms with van der Waals surface area (Å²) >= 11 is 2.36. The summed E-state index contributed by atoms with van der Waals surface area (Å²) in [5.41, 5.74) is 0.0879. The first-order chi connectivity index (χ1) is 5.16. The fourth-order valence-corrected chi connectivity index (χ4v) is 2.02. The molecule has 0 unspecified atom stereocenters. The molecule has 0 aliphatic carbocycles. The topological polar surface area (TPSA) is 12.0 Å². The molecule has 0 bridgehead atoms. The van der Waals surface area contributed by atoms with Gasteiger partial charge in [0.2, 0.25) is 0 Å². The first-order valence-electron chi connectivity index (χ1n) is 4.11. The summed E-state index contributed by atoms with van der Waals surface area (Å²) in [7, 11) is 0. The second-order valence-corrected chi connectivity index (χ2v) is 4.61. The third kappa shape index (κ3) is 2.86. The molecule has 1 N–H and O–H groups in total. The van der Waals surface area contributed by atoms with E-state index in [1.807, 2.05) is 0 Å². The molecule has 1 heterocycles. The Labute approximate surface area is 81.3 Å². The highest BCUT2D eigenvalue weighted by Crippen LogP contribution is 2.25. The number of hydrogen-bond acceptors (Lipinski definition) is 1. The maximum atomic E-state index is 12.8. The van der Waals surface area contributed by atoms with Crippen LogP contribution in [0.4, 0.5) is 4.39 Å². The van der Waals surface area contributed by atoms with Gasteiger partial charge in [-0.1, -0.05) is 22.6 Å². The van der Waals surface area contributed by atoms with Crippen LogP contribution in [0.3, 0.4) is 0 Å². The number of alkyl halides is 2. The number of rotatable bonds is 3. The van der Waals surface area contributed by atoms with E-state index in [2.05, 4.69) is 34.8 Å². The summed E-state index contributed by atoms with van der Waals surface area (Å²) in [6.45, 7) is 2.68. The highest BCUT2D eigenvalue weighted by molar-refractivity contribution is 14.1. The molecular formula is C8H15FIN. The Morgan fingerprint density at radius 1 is 1.73 bits per heavy atom. The number of hydrogen-bond donors (Lipinski definition) is 1. The quantitative estimate of drug-likeness (QED) is 0.613. The fraction of sp³-hybridized carbons (Fsp3) is 1.00. The molecule has 0 amide bonds. The predicted octanol–water partition coefficient (Wildman–Crippen LogP) is 2.29. The van der Waals surface area contributed by atoms with Crippen molar-refractivity contribution in [3.63, 3.8) is 0 Å². The van der Waals surface area contributed by atoms with Gasteiger partial charge in [0.15, 0.2) is 0 Å². The minimum atomic E-state index is -0.616. The summed E-state index contributed by atoms with van der Waals surface area (Å²) in [4.78, 5) is 0. The molecule has 0 radical (unpaired) electrons. The zero-order valence-corrected chi connectivity index (χ0v) is 9.03. The molecule has 1 fully saturated rings. The van der Waals surface area contributed by atoms with Crippen LogP contribution in [0.2, 0.25) is 0 Å². The third-order valence-electron chi connectivity index (χ3n) is 2.28. The van der Waals surface area contributed by atoms with Gasteiger partial charge in [-0.2, -0.15) is 0 Å². The number of nitrogens with one attached hydrogen (secondary N) is 1. The van der Waals surface area contributed by atoms with Gasteiger partial charge < -0.3 is 5.32 Å². The zero-order valence-electron chi connectivity index (χ0n) is 6.87. The van der Waals surface area contributed by atoms with Gasteiger partial charge >= 0.3 is 0 Å². The Bertz CT molecular complexity index is 131. The average molecular weight is 271 g/mol. The van der Waals surface area contributed by atoms with Crippen LogP contribution in [0, 0.1) is 0 Å². The van der Waals surface area contributed by atoms with E-state index in [1.54, 1.807) is 0 Å². The standard InChI is InChI=1S/C8H15FIN/c1-8(3-2-4-10)5-7(9)6-11-8/h7,11H,2-6H2,1H3/t7-,8-/m0/s1. The Morgan fingerprint density at radius 3 is 2.91 bits per heavy atom. The van der Waals surface area contributed by atoms with E-state index in [-0.39, 0.29) is 5.54 Å². The highest BCUT2D eigenvalue weighted by Gasteiger charge is 2.33. The van der Waals surface area contributed by atoms with E-state index in [1.165, 1.54) is 10.8 Å². The van der Waals surface area contributed by atoms with Gasteiger partial charge in [-0.15, -0.1) is 0 Å². The minimum Gasteiger partial charge on any atom is -0.309 e. The first kappa shape index (κ1) is 9.71. The van der Waals surface area contributed by atoms with Gasteiger partial charge in [-0.25, -0.2) is 4.39 Å². The van der Waals surface area contributed by atoms with E-state index in [0.717, 1.165) is 6.42 Å². The Kier molecular flexibility index (Phi) is 3.55. The van der Waals surface area contributed by atoms with Crippen LogP contribution >= 0.6 is 22.6 Å². The van der Waals surface area contributed by atoms with E-state index in [0.29, 0.717) is 13.0 Å². The Hall–Kier alpha value is 0.620. The van der Waals surface area contributed by atoms with E-state index >= 15 is 0 Å². The van der Waals surface area contributed by atoms with Gasteiger partial charge in [0.1, 0.15) is 6.17 Å². The lowest BCUT2D eigenvalue weighted by atomic mass is 9.94. The normalized spacial score (nSPS) is 37.9. The third-order valence-corrected chi connectivity index (χ3v) is 3.05. The largest absolute Gasteiger partial charge is 0.309 e. The van der Waals surface area contributed by atoms with Crippen molar-refractivity contribution in [1.29, 1.82) is 0 Å². The summed E-state index contributed by atoms with van der Waals surface area (Å²) in [5, 5.41) is 3.24. The van der Waals surface area contributed by atoms with Crippen LogP contribution in [0.1, 0.15) is 26.2 Å². The Morgan fingerprint density at radius 2 is 2.45 bits per heavy atom. The second kappa shape index (κ2) is 4.03. The van der Waals surface area contributed by atoms with Crippen molar-refractivity contribution in [3.05, 3.63) is 0 Å². The number of halogens is 2. The van der Waals surface area contributed by atoms with Crippen molar-refractivity contribution in [2.24, 2.45) is 0 Å². The monoisotopic (exact) mass is 271 g/mol. The predicted molar refractivity (Wildman–Crippen MR) is 54.0 cm³/mol. The maximum absolute atomic E-state index is 12.8. The zero-order chi connectivity index (χ0) is 8.32. The van der Waals surface area contributed by atoms with Crippen LogP contribution in [-0.4, -0.2) is 22.7 Å². The van der Waals surface area contributed by atoms with Crippen LogP contribution in [0.25, 0.3) is 0 Å². The molecule has 1 aliphatic rings. The summed E-state index contributed by atoms with van der Waals surface area (Å²) < 4.78 is 14.0. The molecule has 0 saturated carbocycles. The lowest BCUT2D eigenvalue weighted by Gasteiger charge is -2.23. The first-order valence-corrected chi connectivity index (χ1v) is 5.64. The minimum absolute atomic E-state index is 0.0879. The van der Waals surface area contributed by atoms with E-state index in [4.69, 9.17) is 0 Å². The molecule has 3 heteroatoms. The highest BCUT2D eigenvalue weighted by atomic mass is 127. The van der Waals surface area contributed by atoms with Gasteiger partial charge in [0.05, 0.1) is 0 Å². The van der Waals surface area contributed by atoms with Crippen molar-refractivity contribution in [1.82, 2.24) is 5.32 Å². The van der Waals surface area contributed by atoms with Crippen molar-refractivity contribution in [2.45, 2.75) is 37.9 Å². The summed E-state index contributed by atoms with van der Waals surface area (Å²) in [6.07, 6.45) is 2.38. The van der Waals surface area contributed by atoms with E-state index < -0.39 is 6.17 Å². The summed E-state index contributed by atoms with van der Waals surface area (Å²) in [5.74, 6) is 0. The molecule has 1 nitrogen and oxygen atoms in total. The van der Waals surface area contributed by atoms with Crippen molar-refractivity contribution in [2.75, 3.05) is 11.0 Å². The van der Waals surface area contributed by atoms with Crippen LogP contribution in [-0.2, 0) is 0 Å². The molecule has 0 aromatic rings. The Balaban J connectivity index is 2.29. The molecule has 1 aliphatic heterocycles. The summed E-state index contributed by atoms with van der Waals surface area (Å²) in [6, 6.07) is 0. The van der Waals surface area contributed by atoms with Crippen LogP contribution in [0.15, 0.2) is 0 Å². The lowest BCUT2D eigenvalue weighted by Crippen LogP contribution is -2.35. The van der Waals surface area contributed by atoms with Crippen molar-refractivity contribution < 1.29 is 4.39 Å². The molecule has 1 saturated heterocycles.